The Hall–Kier alpha value is -0.450. The van der Waals surface area contributed by atoms with Gasteiger partial charge in [-0.2, -0.15) is 0 Å². The van der Waals surface area contributed by atoms with Gasteiger partial charge in [-0.05, 0) is 56.5 Å². The molecule has 2 unspecified atom stereocenters. The average molecular weight is 344 g/mol. The second-order valence-electron chi connectivity index (χ2n) is 5.71. The summed E-state index contributed by atoms with van der Waals surface area (Å²) in [7, 11) is 0. The molecule has 0 aliphatic carbocycles. The van der Waals surface area contributed by atoms with Gasteiger partial charge in [0.15, 0.2) is 0 Å². The van der Waals surface area contributed by atoms with Gasteiger partial charge in [-0.15, -0.1) is 0 Å². The van der Waals surface area contributed by atoms with Gasteiger partial charge < -0.3 is 10.1 Å². The summed E-state index contributed by atoms with van der Waals surface area (Å²) >= 11 is 3.43. The van der Waals surface area contributed by atoms with Gasteiger partial charge >= 0.3 is 0 Å². The Morgan fingerprint density at radius 1 is 1.50 bits per heavy atom. The van der Waals surface area contributed by atoms with Gasteiger partial charge in [0.1, 0.15) is 5.82 Å². The Morgan fingerprint density at radius 3 is 2.95 bits per heavy atom. The van der Waals surface area contributed by atoms with Crippen molar-refractivity contribution < 1.29 is 9.13 Å². The molecule has 2 atom stereocenters. The van der Waals surface area contributed by atoms with Crippen molar-refractivity contribution >= 4 is 15.9 Å². The zero-order valence-corrected chi connectivity index (χ0v) is 13.8. The van der Waals surface area contributed by atoms with Gasteiger partial charge in [0.25, 0.3) is 0 Å². The lowest BCUT2D eigenvalue weighted by molar-refractivity contribution is 0.0627. The quantitative estimate of drug-likeness (QED) is 0.790. The molecule has 1 N–H and O–H groups in total. The van der Waals surface area contributed by atoms with Crippen molar-refractivity contribution in [2.75, 3.05) is 19.7 Å². The summed E-state index contributed by atoms with van der Waals surface area (Å²) in [6, 6.07) is 5.17. The zero-order chi connectivity index (χ0) is 14.6. The molecule has 0 amide bonds. The van der Waals surface area contributed by atoms with E-state index in [1.165, 1.54) is 6.07 Å². The minimum Gasteiger partial charge on any atom is -0.378 e. The minimum atomic E-state index is -0.123. The molecule has 0 saturated carbocycles. The van der Waals surface area contributed by atoms with E-state index in [0.29, 0.717) is 0 Å². The van der Waals surface area contributed by atoms with Crippen LogP contribution in [0.15, 0.2) is 22.7 Å². The van der Waals surface area contributed by atoms with E-state index in [-0.39, 0.29) is 17.3 Å². The molecule has 1 aromatic rings. The van der Waals surface area contributed by atoms with Crippen molar-refractivity contribution in [1.29, 1.82) is 0 Å². The number of hydrogen-bond donors (Lipinski definition) is 1. The highest BCUT2D eigenvalue weighted by molar-refractivity contribution is 9.10. The van der Waals surface area contributed by atoms with Crippen LogP contribution in [0.1, 0.15) is 32.3 Å². The molecule has 0 spiro atoms. The summed E-state index contributed by atoms with van der Waals surface area (Å²) in [6.45, 7) is 6.91. The van der Waals surface area contributed by atoms with Gasteiger partial charge in [-0.3, -0.25) is 0 Å². The Labute approximate surface area is 129 Å². The van der Waals surface area contributed by atoms with E-state index in [1.807, 2.05) is 6.07 Å². The van der Waals surface area contributed by atoms with Crippen LogP contribution in [-0.4, -0.2) is 25.8 Å². The fourth-order valence-corrected chi connectivity index (χ4v) is 3.33. The Morgan fingerprint density at radius 2 is 2.30 bits per heavy atom. The van der Waals surface area contributed by atoms with Crippen molar-refractivity contribution in [3.05, 3.63) is 34.1 Å². The largest absolute Gasteiger partial charge is 0.378 e. The van der Waals surface area contributed by atoms with Crippen LogP contribution >= 0.6 is 15.9 Å². The molecule has 0 bridgehead atoms. The van der Waals surface area contributed by atoms with Crippen molar-refractivity contribution in [2.24, 2.45) is 5.41 Å². The van der Waals surface area contributed by atoms with Crippen LogP contribution in [0.3, 0.4) is 0 Å². The molecule has 1 aliphatic heterocycles. The van der Waals surface area contributed by atoms with Gasteiger partial charge in [0, 0.05) is 23.0 Å². The number of rotatable bonds is 6. The molecule has 1 aliphatic rings. The summed E-state index contributed by atoms with van der Waals surface area (Å²) in [5.74, 6) is -0.123. The SMILES string of the molecule is CCCNCC1(Cc2cc(Br)ccc2F)CCOC1C. The van der Waals surface area contributed by atoms with E-state index in [9.17, 15) is 4.39 Å². The first-order valence-corrected chi connectivity index (χ1v) is 8.13. The van der Waals surface area contributed by atoms with E-state index in [4.69, 9.17) is 4.74 Å². The lowest BCUT2D eigenvalue weighted by Crippen LogP contribution is -2.41. The van der Waals surface area contributed by atoms with Gasteiger partial charge in [-0.1, -0.05) is 22.9 Å². The highest BCUT2D eigenvalue weighted by Gasteiger charge is 2.41. The smallest absolute Gasteiger partial charge is 0.126 e. The number of nitrogens with one attached hydrogen (secondary N) is 1. The van der Waals surface area contributed by atoms with Gasteiger partial charge in [0.05, 0.1) is 6.10 Å². The van der Waals surface area contributed by atoms with Crippen LogP contribution in [-0.2, 0) is 11.2 Å². The summed E-state index contributed by atoms with van der Waals surface area (Å²) in [5, 5.41) is 3.49. The standard InChI is InChI=1S/C16H23BrFNO/c1-3-7-19-11-16(6-8-20-12(16)2)10-13-9-14(17)4-5-15(13)18/h4-5,9,12,19H,3,6-8,10-11H2,1-2H3. The molecule has 1 heterocycles. The third-order valence-electron chi connectivity index (χ3n) is 4.28. The maximum Gasteiger partial charge on any atom is 0.126 e. The fraction of sp³-hybridized carbons (Fsp3) is 0.625. The van der Waals surface area contributed by atoms with Crippen molar-refractivity contribution in [2.45, 2.75) is 39.2 Å². The maximum atomic E-state index is 14.0. The molecule has 112 valence electrons. The monoisotopic (exact) mass is 343 g/mol. The first-order chi connectivity index (χ1) is 9.57. The number of halogens is 2. The predicted molar refractivity (Wildman–Crippen MR) is 83.4 cm³/mol. The highest BCUT2D eigenvalue weighted by Crippen LogP contribution is 2.38. The molecule has 4 heteroatoms. The minimum absolute atomic E-state index is 0.00317. The van der Waals surface area contributed by atoms with Crippen molar-refractivity contribution in [1.82, 2.24) is 5.32 Å². The Kier molecular flexibility index (Phi) is 5.58. The van der Waals surface area contributed by atoms with Gasteiger partial charge in [0.2, 0.25) is 0 Å². The van der Waals surface area contributed by atoms with Crippen molar-refractivity contribution in [3.8, 4) is 0 Å². The molecule has 20 heavy (non-hydrogen) atoms. The Balaban J connectivity index is 2.17. The van der Waals surface area contributed by atoms with E-state index in [2.05, 4.69) is 35.1 Å². The second-order valence-corrected chi connectivity index (χ2v) is 6.63. The van der Waals surface area contributed by atoms with Crippen LogP contribution < -0.4 is 5.32 Å². The summed E-state index contributed by atoms with van der Waals surface area (Å²) < 4.78 is 20.7. The third kappa shape index (κ3) is 3.60. The average Bonchev–Trinajstić information content (AvgIpc) is 2.76. The summed E-state index contributed by atoms with van der Waals surface area (Å²) in [5.41, 5.74) is 0.770. The van der Waals surface area contributed by atoms with Gasteiger partial charge in [-0.25, -0.2) is 4.39 Å². The molecule has 1 fully saturated rings. The lowest BCUT2D eigenvalue weighted by Gasteiger charge is -2.33. The molecule has 0 aromatic heterocycles. The van der Waals surface area contributed by atoms with E-state index < -0.39 is 0 Å². The first kappa shape index (κ1) is 15.9. The topological polar surface area (TPSA) is 21.3 Å². The van der Waals surface area contributed by atoms with E-state index in [0.717, 1.165) is 49.0 Å². The first-order valence-electron chi connectivity index (χ1n) is 7.33. The highest BCUT2D eigenvalue weighted by atomic mass is 79.9. The summed E-state index contributed by atoms with van der Waals surface area (Å²) in [4.78, 5) is 0. The molecule has 1 aromatic carbocycles. The van der Waals surface area contributed by atoms with Crippen molar-refractivity contribution in [3.63, 3.8) is 0 Å². The van der Waals surface area contributed by atoms with Crippen LogP contribution in [0, 0.1) is 11.2 Å². The normalized spacial score (nSPS) is 26.1. The fourth-order valence-electron chi connectivity index (χ4n) is 2.92. The predicted octanol–water partition coefficient (Wildman–Crippen LogP) is 3.93. The number of hydrogen-bond acceptors (Lipinski definition) is 2. The molecule has 1 saturated heterocycles. The summed E-state index contributed by atoms with van der Waals surface area (Å²) in [6.07, 6.45) is 2.97. The van der Waals surface area contributed by atoms with E-state index >= 15 is 0 Å². The molecular formula is C16H23BrFNO. The molecule has 2 rings (SSSR count). The van der Waals surface area contributed by atoms with Crippen LogP contribution in [0.25, 0.3) is 0 Å². The third-order valence-corrected chi connectivity index (χ3v) is 4.78. The number of ether oxygens (including phenoxy) is 1. The van der Waals surface area contributed by atoms with Crippen LogP contribution in [0.4, 0.5) is 4.39 Å². The lowest BCUT2D eigenvalue weighted by atomic mass is 9.76. The van der Waals surface area contributed by atoms with E-state index in [1.54, 1.807) is 6.07 Å². The number of benzene rings is 1. The molecule has 0 radical (unpaired) electrons. The van der Waals surface area contributed by atoms with Crippen LogP contribution in [0.2, 0.25) is 0 Å². The molecular weight excluding hydrogens is 321 g/mol. The van der Waals surface area contributed by atoms with Crippen LogP contribution in [0.5, 0.6) is 0 Å². The molecule has 2 nitrogen and oxygen atoms in total. The maximum absolute atomic E-state index is 14.0. The Bertz CT molecular complexity index is 454. The second kappa shape index (κ2) is 7.01. The zero-order valence-electron chi connectivity index (χ0n) is 12.2.